The zero-order valence-corrected chi connectivity index (χ0v) is 14.0. The third-order valence-electron chi connectivity index (χ3n) is 4.63. The highest BCUT2D eigenvalue weighted by Gasteiger charge is 2.23. The van der Waals surface area contributed by atoms with E-state index in [4.69, 9.17) is 4.98 Å². The summed E-state index contributed by atoms with van der Waals surface area (Å²) >= 11 is 0. The second-order valence-electron chi connectivity index (χ2n) is 6.34. The van der Waals surface area contributed by atoms with Crippen molar-refractivity contribution in [1.82, 2.24) is 14.5 Å². The van der Waals surface area contributed by atoms with Gasteiger partial charge in [-0.1, -0.05) is 12.1 Å². The van der Waals surface area contributed by atoms with Crippen LogP contribution in [0.5, 0.6) is 0 Å². The first-order valence-electron chi connectivity index (χ1n) is 8.57. The first-order valence-corrected chi connectivity index (χ1v) is 8.57. The summed E-state index contributed by atoms with van der Waals surface area (Å²) in [6.07, 6.45) is 0. The standard InChI is InChI=1S/C19H18N6/c1-12-3-2-4-15(23-12)17-18(25-10-9-22-19(25)24-17)13-5-6-14-16(11-13)21-8-7-20-14/h2-6,11H,7-10H2,1H3,(H,22,24). The van der Waals surface area contributed by atoms with Crippen molar-refractivity contribution in [2.45, 2.75) is 13.5 Å². The molecule has 2 aliphatic heterocycles. The zero-order valence-electron chi connectivity index (χ0n) is 14.0. The number of nitrogens with zero attached hydrogens (tertiary/aromatic N) is 5. The molecule has 0 bridgehead atoms. The van der Waals surface area contributed by atoms with Crippen LogP contribution in [0.4, 0.5) is 5.95 Å². The van der Waals surface area contributed by atoms with Crippen molar-refractivity contribution in [3.05, 3.63) is 52.8 Å². The second-order valence-corrected chi connectivity index (χ2v) is 6.34. The third-order valence-corrected chi connectivity index (χ3v) is 4.63. The lowest BCUT2D eigenvalue weighted by Crippen LogP contribution is -2.29. The molecule has 25 heavy (non-hydrogen) atoms. The summed E-state index contributed by atoms with van der Waals surface area (Å²) in [5.41, 5.74) is 5.02. The number of fused-ring (bicyclic) bond motifs is 2. The molecule has 0 aliphatic carbocycles. The van der Waals surface area contributed by atoms with Gasteiger partial charge in [0.2, 0.25) is 5.95 Å². The van der Waals surface area contributed by atoms with Crippen molar-refractivity contribution >= 4 is 5.95 Å². The van der Waals surface area contributed by atoms with Gasteiger partial charge in [0, 0.05) is 24.3 Å². The van der Waals surface area contributed by atoms with Crippen molar-refractivity contribution in [2.24, 2.45) is 9.98 Å². The number of anilines is 1. The fourth-order valence-electron chi connectivity index (χ4n) is 3.50. The average molecular weight is 330 g/mol. The maximum atomic E-state index is 4.83. The van der Waals surface area contributed by atoms with E-state index >= 15 is 0 Å². The van der Waals surface area contributed by atoms with Gasteiger partial charge in [-0.3, -0.25) is 15.0 Å². The van der Waals surface area contributed by atoms with E-state index < -0.39 is 0 Å². The fraction of sp³-hybridized carbons (Fsp3) is 0.263. The zero-order chi connectivity index (χ0) is 16.8. The summed E-state index contributed by atoms with van der Waals surface area (Å²) in [5, 5.41) is 5.30. The quantitative estimate of drug-likeness (QED) is 0.776. The van der Waals surface area contributed by atoms with E-state index in [1.54, 1.807) is 0 Å². The van der Waals surface area contributed by atoms with Crippen LogP contribution in [-0.2, 0) is 6.54 Å². The summed E-state index contributed by atoms with van der Waals surface area (Å²) < 4.78 is 2.24. The van der Waals surface area contributed by atoms with Gasteiger partial charge >= 0.3 is 0 Å². The minimum absolute atomic E-state index is 0.759. The summed E-state index contributed by atoms with van der Waals surface area (Å²) in [6, 6.07) is 12.4. The molecule has 5 rings (SSSR count). The van der Waals surface area contributed by atoms with E-state index in [0.29, 0.717) is 0 Å². The summed E-state index contributed by atoms with van der Waals surface area (Å²) in [6.45, 7) is 5.35. The Morgan fingerprint density at radius 2 is 1.88 bits per heavy atom. The van der Waals surface area contributed by atoms with Crippen LogP contribution in [0.25, 0.3) is 22.6 Å². The van der Waals surface area contributed by atoms with Gasteiger partial charge < -0.3 is 9.88 Å². The van der Waals surface area contributed by atoms with Crippen LogP contribution >= 0.6 is 0 Å². The number of hydrogen-bond donors (Lipinski definition) is 1. The maximum Gasteiger partial charge on any atom is 0.204 e. The smallest absolute Gasteiger partial charge is 0.204 e. The maximum absolute atomic E-state index is 4.83. The first-order chi connectivity index (χ1) is 12.3. The molecule has 0 radical (unpaired) electrons. The number of pyridine rings is 1. The first kappa shape index (κ1) is 14.3. The summed E-state index contributed by atoms with van der Waals surface area (Å²) in [5.74, 6) is 0.910. The van der Waals surface area contributed by atoms with E-state index in [-0.39, 0.29) is 0 Å². The molecule has 0 spiro atoms. The van der Waals surface area contributed by atoms with Crippen molar-refractivity contribution in [3.8, 4) is 22.6 Å². The van der Waals surface area contributed by atoms with Crippen molar-refractivity contribution in [1.29, 1.82) is 0 Å². The molecule has 0 amide bonds. The molecule has 0 unspecified atom stereocenters. The van der Waals surface area contributed by atoms with Gasteiger partial charge in [0.1, 0.15) is 5.69 Å². The third kappa shape index (κ3) is 2.33. The van der Waals surface area contributed by atoms with Crippen molar-refractivity contribution in [3.63, 3.8) is 0 Å². The highest BCUT2D eigenvalue weighted by Crippen LogP contribution is 2.34. The molecule has 6 heteroatoms. The molecule has 6 nitrogen and oxygen atoms in total. The van der Waals surface area contributed by atoms with Crippen LogP contribution < -0.4 is 16.0 Å². The predicted octanol–water partition coefficient (Wildman–Crippen LogP) is 1.60. The average Bonchev–Trinajstić information content (AvgIpc) is 3.22. The predicted molar refractivity (Wildman–Crippen MR) is 96.2 cm³/mol. The molecular weight excluding hydrogens is 312 g/mol. The van der Waals surface area contributed by atoms with Crippen LogP contribution in [0.2, 0.25) is 0 Å². The number of hydrogen-bond acceptors (Lipinski definition) is 5. The van der Waals surface area contributed by atoms with Gasteiger partial charge in [-0.05, 0) is 31.2 Å². The minimum atomic E-state index is 0.759. The minimum Gasteiger partial charge on any atom is -0.354 e. The molecule has 124 valence electrons. The van der Waals surface area contributed by atoms with Crippen LogP contribution in [0.3, 0.4) is 0 Å². The molecule has 2 aromatic heterocycles. The van der Waals surface area contributed by atoms with Crippen LogP contribution in [0.1, 0.15) is 5.69 Å². The normalized spacial score (nSPS) is 14.9. The van der Waals surface area contributed by atoms with E-state index in [0.717, 1.165) is 71.2 Å². The largest absolute Gasteiger partial charge is 0.354 e. The Balaban J connectivity index is 1.76. The van der Waals surface area contributed by atoms with E-state index in [9.17, 15) is 0 Å². The van der Waals surface area contributed by atoms with Gasteiger partial charge in [-0.25, -0.2) is 4.98 Å². The Morgan fingerprint density at radius 3 is 2.76 bits per heavy atom. The Morgan fingerprint density at radius 1 is 1.00 bits per heavy atom. The summed E-state index contributed by atoms with van der Waals surface area (Å²) in [7, 11) is 0. The molecule has 0 fully saturated rings. The number of aromatic nitrogens is 3. The number of aryl methyl sites for hydroxylation is 1. The van der Waals surface area contributed by atoms with Gasteiger partial charge in [-0.2, -0.15) is 0 Å². The van der Waals surface area contributed by atoms with E-state index in [1.165, 1.54) is 0 Å². The molecule has 0 saturated carbocycles. The number of rotatable bonds is 2. The number of nitrogens with one attached hydrogen (secondary N) is 1. The van der Waals surface area contributed by atoms with Crippen LogP contribution in [-0.4, -0.2) is 34.2 Å². The molecule has 4 heterocycles. The summed E-state index contributed by atoms with van der Waals surface area (Å²) in [4.78, 5) is 18.7. The monoisotopic (exact) mass is 330 g/mol. The van der Waals surface area contributed by atoms with Crippen molar-refractivity contribution in [2.75, 3.05) is 25.0 Å². The van der Waals surface area contributed by atoms with Crippen LogP contribution in [0.15, 0.2) is 46.4 Å². The molecule has 3 aromatic rings. The molecule has 1 aromatic carbocycles. The van der Waals surface area contributed by atoms with Gasteiger partial charge in [0.05, 0.1) is 35.2 Å². The topological polar surface area (TPSA) is 67.5 Å². The Kier molecular flexibility index (Phi) is 3.16. The van der Waals surface area contributed by atoms with Gasteiger partial charge in [0.15, 0.2) is 0 Å². The fourth-order valence-corrected chi connectivity index (χ4v) is 3.50. The lowest BCUT2D eigenvalue weighted by atomic mass is 10.1. The molecule has 1 N–H and O–H groups in total. The highest BCUT2D eigenvalue weighted by molar-refractivity contribution is 5.79. The van der Waals surface area contributed by atoms with Gasteiger partial charge in [0.25, 0.3) is 0 Å². The lowest BCUT2D eigenvalue weighted by molar-refractivity contribution is 0.816. The van der Waals surface area contributed by atoms with Crippen molar-refractivity contribution < 1.29 is 0 Å². The van der Waals surface area contributed by atoms with Gasteiger partial charge in [-0.15, -0.1) is 0 Å². The Bertz CT molecular complexity index is 1100. The lowest BCUT2D eigenvalue weighted by Gasteiger charge is -2.09. The number of imidazole rings is 1. The Labute approximate surface area is 145 Å². The van der Waals surface area contributed by atoms with E-state index in [2.05, 4.69) is 43.1 Å². The highest BCUT2D eigenvalue weighted by atomic mass is 15.3. The van der Waals surface area contributed by atoms with Crippen LogP contribution in [0, 0.1) is 6.92 Å². The molecular formula is C19H18N6. The Hall–Kier alpha value is -3.02. The number of benzene rings is 1. The molecule has 2 aliphatic rings. The van der Waals surface area contributed by atoms with E-state index in [1.807, 2.05) is 25.1 Å². The molecule has 0 atom stereocenters. The second kappa shape index (κ2) is 5.51. The molecule has 0 saturated heterocycles. The SMILES string of the molecule is Cc1cccc(-c2nc3n(c2-c2ccc4c(c2)=NCCN=4)CCN3)n1.